The molecule has 7 unspecified atom stereocenters. The van der Waals surface area contributed by atoms with Gasteiger partial charge < -0.3 is 9.47 Å². The molecule has 2 heterocycles. The summed E-state index contributed by atoms with van der Waals surface area (Å²) in [5.41, 5.74) is 2.99. The summed E-state index contributed by atoms with van der Waals surface area (Å²) in [6, 6.07) is 22.6. The molecule has 228 valence electrons. The van der Waals surface area contributed by atoms with Gasteiger partial charge in [-0.15, -0.1) is 0 Å². The number of anilines is 1. The van der Waals surface area contributed by atoms with Crippen molar-refractivity contribution < 1.29 is 28.7 Å². The van der Waals surface area contributed by atoms with Crippen LogP contribution in [0, 0.1) is 23.7 Å². The molecule has 2 aliphatic carbocycles. The fraction of sp³-hybridized carbons (Fsp3) is 0.286. The first-order valence-electron chi connectivity index (χ1n) is 14.7. The van der Waals surface area contributed by atoms with Crippen molar-refractivity contribution in [2.45, 2.75) is 29.1 Å². The second-order valence-electron chi connectivity index (χ2n) is 11.8. The lowest BCUT2D eigenvalue weighted by Gasteiger charge is -2.28. The lowest BCUT2D eigenvalue weighted by Crippen LogP contribution is -2.37. The van der Waals surface area contributed by atoms with Crippen molar-refractivity contribution in [3.63, 3.8) is 0 Å². The molecule has 3 aliphatic rings. The zero-order valence-corrected chi connectivity index (χ0v) is 27.5. The highest BCUT2D eigenvalue weighted by atomic mass is 79.9. The number of carbonyl (C=O) groups excluding carboxylic acids is 4. The van der Waals surface area contributed by atoms with E-state index in [4.69, 9.17) is 14.5 Å². The van der Waals surface area contributed by atoms with E-state index >= 15 is 0 Å². The third-order valence-electron chi connectivity index (χ3n) is 9.37. The van der Waals surface area contributed by atoms with Gasteiger partial charge in [0.1, 0.15) is 5.75 Å². The number of methoxy groups -OCH3 is 1. The molecule has 2 bridgehead atoms. The topological polar surface area (TPSA) is 103 Å². The van der Waals surface area contributed by atoms with Crippen LogP contribution in [-0.4, -0.2) is 51.4 Å². The summed E-state index contributed by atoms with van der Waals surface area (Å²) in [5.74, 6) is -0.952. The van der Waals surface area contributed by atoms with Crippen molar-refractivity contribution in [1.82, 2.24) is 4.98 Å². The number of pyridine rings is 1. The van der Waals surface area contributed by atoms with Crippen molar-refractivity contribution in [1.29, 1.82) is 0 Å². The lowest BCUT2D eigenvalue weighted by atomic mass is 9.81. The van der Waals surface area contributed by atoms with Gasteiger partial charge in [-0.3, -0.25) is 19.3 Å². The number of imide groups is 1. The number of benzene rings is 3. The van der Waals surface area contributed by atoms with Crippen LogP contribution in [-0.2, 0) is 14.3 Å². The van der Waals surface area contributed by atoms with Gasteiger partial charge in [-0.05, 0) is 73.7 Å². The van der Waals surface area contributed by atoms with Gasteiger partial charge in [0.25, 0.3) is 0 Å². The first-order chi connectivity index (χ1) is 21.7. The Hall–Kier alpha value is -3.89. The monoisotopic (exact) mass is 730 g/mol. The number of para-hydroxylation sites is 1. The number of hydrogen-bond donors (Lipinski definition) is 0. The molecule has 10 heteroatoms. The van der Waals surface area contributed by atoms with Gasteiger partial charge in [0.15, 0.2) is 6.10 Å². The highest BCUT2D eigenvalue weighted by Crippen LogP contribution is 2.60. The van der Waals surface area contributed by atoms with E-state index in [0.717, 1.165) is 6.42 Å². The summed E-state index contributed by atoms with van der Waals surface area (Å²) >= 11 is 7.47. The highest BCUT2D eigenvalue weighted by Gasteiger charge is 2.66. The van der Waals surface area contributed by atoms with Gasteiger partial charge in [0, 0.05) is 26.2 Å². The van der Waals surface area contributed by atoms with E-state index in [-0.39, 0.29) is 56.5 Å². The molecule has 1 aliphatic heterocycles. The van der Waals surface area contributed by atoms with Gasteiger partial charge in [-0.2, -0.15) is 0 Å². The molecule has 7 atom stereocenters. The van der Waals surface area contributed by atoms with E-state index in [0.29, 0.717) is 39.2 Å². The summed E-state index contributed by atoms with van der Waals surface area (Å²) in [6.07, 6.45) is -0.149. The molecular formula is C35H28Br2N2O6. The molecule has 3 fully saturated rings. The minimum absolute atomic E-state index is 0.138. The molecule has 4 aromatic rings. The number of Topliss-reactive ketones (excluding diaryl/α,β-unsaturated/α-hetero) is 1. The Kier molecular flexibility index (Phi) is 7.60. The molecule has 0 spiro atoms. The molecule has 0 radical (unpaired) electrons. The number of hydrogen-bond acceptors (Lipinski definition) is 7. The van der Waals surface area contributed by atoms with E-state index < -0.39 is 12.1 Å². The fourth-order valence-corrected chi connectivity index (χ4v) is 9.02. The first-order valence-corrected chi connectivity index (χ1v) is 16.6. The van der Waals surface area contributed by atoms with Crippen LogP contribution in [0.5, 0.6) is 5.75 Å². The highest BCUT2D eigenvalue weighted by molar-refractivity contribution is 9.12. The number of rotatable bonds is 7. The van der Waals surface area contributed by atoms with Crippen LogP contribution in [0.25, 0.3) is 22.2 Å². The van der Waals surface area contributed by atoms with Crippen LogP contribution >= 0.6 is 31.9 Å². The number of ether oxygens (including phenoxy) is 2. The molecule has 2 saturated carbocycles. The second-order valence-corrected chi connectivity index (χ2v) is 13.9. The van der Waals surface area contributed by atoms with Crippen LogP contribution < -0.4 is 9.64 Å². The number of ketones is 1. The van der Waals surface area contributed by atoms with Crippen LogP contribution in [0.2, 0.25) is 0 Å². The van der Waals surface area contributed by atoms with E-state index in [1.54, 1.807) is 80.8 Å². The van der Waals surface area contributed by atoms with Gasteiger partial charge >= 0.3 is 5.97 Å². The quantitative estimate of drug-likeness (QED) is 0.0912. The van der Waals surface area contributed by atoms with Crippen LogP contribution in [0.3, 0.4) is 0 Å². The normalized spacial score (nSPS) is 25.8. The van der Waals surface area contributed by atoms with Crippen molar-refractivity contribution in [2.24, 2.45) is 23.7 Å². The van der Waals surface area contributed by atoms with E-state index in [1.165, 1.54) is 4.90 Å². The third-order valence-corrected chi connectivity index (χ3v) is 12.6. The summed E-state index contributed by atoms with van der Waals surface area (Å²) in [7, 11) is 1.54. The van der Waals surface area contributed by atoms with Crippen molar-refractivity contribution in [2.75, 3.05) is 12.0 Å². The molecular weight excluding hydrogens is 704 g/mol. The van der Waals surface area contributed by atoms with Crippen LogP contribution in [0.15, 0.2) is 78.9 Å². The Labute approximate surface area is 276 Å². The lowest BCUT2D eigenvalue weighted by molar-refractivity contribution is -0.123. The van der Waals surface area contributed by atoms with Gasteiger partial charge in [0.2, 0.25) is 17.6 Å². The van der Waals surface area contributed by atoms with Gasteiger partial charge in [-0.1, -0.05) is 62.2 Å². The van der Waals surface area contributed by atoms with Gasteiger partial charge in [0.05, 0.1) is 41.4 Å². The molecule has 1 aromatic heterocycles. The third kappa shape index (κ3) is 4.89. The minimum atomic E-state index is -1.02. The summed E-state index contributed by atoms with van der Waals surface area (Å²) in [6.45, 7) is 1.55. The Balaban J connectivity index is 1.15. The van der Waals surface area contributed by atoms with Crippen LogP contribution in [0.4, 0.5) is 5.69 Å². The van der Waals surface area contributed by atoms with Gasteiger partial charge in [-0.25, -0.2) is 9.78 Å². The van der Waals surface area contributed by atoms with Crippen molar-refractivity contribution in [3.05, 3.63) is 90.0 Å². The first kappa shape index (κ1) is 29.8. The maximum atomic E-state index is 13.5. The average Bonchev–Trinajstić information content (AvgIpc) is 3.68. The number of nitrogens with zero attached hydrogens (tertiary/aromatic N) is 2. The molecule has 3 aromatic carbocycles. The Bertz CT molecular complexity index is 1830. The molecule has 7 rings (SSSR count). The Morgan fingerprint density at radius 3 is 2.13 bits per heavy atom. The molecule has 45 heavy (non-hydrogen) atoms. The van der Waals surface area contributed by atoms with E-state index in [2.05, 4.69) is 31.9 Å². The minimum Gasteiger partial charge on any atom is -0.497 e. The maximum Gasteiger partial charge on any atom is 0.339 e. The second kappa shape index (κ2) is 11.5. The predicted molar refractivity (Wildman–Crippen MR) is 176 cm³/mol. The Morgan fingerprint density at radius 2 is 1.51 bits per heavy atom. The number of carbonyl (C=O) groups is 4. The van der Waals surface area contributed by atoms with E-state index in [9.17, 15) is 19.2 Å². The molecule has 8 nitrogen and oxygen atoms in total. The largest absolute Gasteiger partial charge is 0.497 e. The van der Waals surface area contributed by atoms with Crippen molar-refractivity contribution >= 4 is 72.0 Å². The smallest absolute Gasteiger partial charge is 0.339 e. The average molecular weight is 732 g/mol. The predicted octanol–water partition coefficient (Wildman–Crippen LogP) is 6.62. The van der Waals surface area contributed by atoms with Crippen LogP contribution in [0.1, 0.15) is 34.1 Å². The summed E-state index contributed by atoms with van der Waals surface area (Å²) in [5, 5.41) is 0.594. The number of aromatic nitrogens is 1. The maximum absolute atomic E-state index is 13.5. The number of fused-ring (bicyclic) bond motifs is 6. The fourth-order valence-electron chi connectivity index (χ4n) is 7.14. The number of halogens is 2. The zero-order chi connectivity index (χ0) is 31.6. The number of amides is 2. The Morgan fingerprint density at radius 1 is 0.889 bits per heavy atom. The van der Waals surface area contributed by atoms with E-state index in [1.807, 2.05) is 12.1 Å². The molecule has 0 N–H and O–H groups in total. The SMILES string of the molecule is COc1ccc(C(=O)C(C)OC(=O)c2cc(-c3ccc(N4C(=O)C5C6CC(C(Br)C6Br)C5C4=O)cc3)nc3ccccc23)cc1. The standard InChI is InChI=1S/C35H28Br2N2O6/c1-17(32(40)19-9-13-21(44-2)14-10-19)45-35(43)23-16-27(38-26-6-4-3-5-22(23)26)18-7-11-20(12-8-18)39-33(41)28-24-15-25(29(28)34(39)42)31(37)30(24)36/h3-14,16-17,24-25,28-31H,15H2,1-2H3. The number of alkyl halides is 2. The summed E-state index contributed by atoms with van der Waals surface area (Å²) < 4.78 is 10.8. The molecule has 1 saturated heterocycles. The summed E-state index contributed by atoms with van der Waals surface area (Å²) in [4.78, 5) is 59.9. The zero-order valence-electron chi connectivity index (χ0n) is 24.4. The molecule has 2 amide bonds. The van der Waals surface area contributed by atoms with Crippen molar-refractivity contribution in [3.8, 4) is 17.0 Å². The number of esters is 1.